The molecule has 6 heteroatoms. The van der Waals surface area contributed by atoms with E-state index in [1.54, 1.807) is 0 Å². The third kappa shape index (κ3) is 2.58. The van der Waals surface area contributed by atoms with Crippen molar-refractivity contribution in [3.63, 3.8) is 0 Å². The molecule has 0 radical (unpaired) electrons. The summed E-state index contributed by atoms with van der Waals surface area (Å²) in [6.45, 7) is 6.20. The molecule has 0 spiro atoms. The van der Waals surface area contributed by atoms with E-state index < -0.39 is 12.1 Å². The van der Waals surface area contributed by atoms with E-state index in [1.807, 2.05) is 20.8 Å². The summed E-state index contributed by atoms with van der Waals surface area (Å²) in [7, 11) is 0. The van der Waals surface area contributed by atoms with E-state index in [0.717, 1.165) is 0 Å². The van der Waals surface area contributed by atoms with Gasteiger partial charge in [0.1, 0.15) is 31.0 Å². The van der Waals surface area contributed by atoms with E-state index in [2.05, 4.69) is 5.92 Å². The van der Waals surface area contributed by atoms with Crippen LogP contribution in [0, 0.1) is 12.3 Å². The van der Waals surface area contributed by atoms with Crippen molar-refractivity contribution in [1.29, 1.82) is 0 Å². The van der Waals surface area contributed by atoms with Crippen molar-refractivity contribution in [1.82, 2.24) is 0 Å². The Morgan fingerprint density at radius 1 is 1.25 bits per heavy atom. The molecule has 0 aromatic carbocycles. The van der Waals surface area contributed by atoms with Gasteiger partial charge in [-0.15, -0.1) is 6.42 Å². The van der Waals surface area contributed by atoms with Gasteiger partial charge in [-0.3, -0.25) is 0 Å². The number of hydrogen-bond donors (Lipinski definition) is 0. The van der Waals surface area contributed by atoms with E-state index in [4.69, 9.17) is 34.8 Å². The molecule has 0 aromatic heterocycles. The molecule has 6 atom stereocenters. The fourth-order valence-corrected chi connectivity index (χ4v) is 2.86. The van der Waals surface area contributed by atoms with Gasteiger partial charge in [0.05, 0.1) is 6.61 Å². The first-order chi connectivity index (χ1) is 9.50. The Hall–Kier alpha value is -0.680. The molecule has 3 aliphatic heterocycles. The molecule has 20 heavy (non-hydrogen) atoms. The lowest BCUT2D eigenvalue weighted by molar-refractivity contribution is -0.230. The van der Waals surface area contributed by atoms with E-state index in [-0.39, 0.29) is 37.3 Å². The smallest absolute Gasteiger partial charge is 0.190 e. The Bertz CT molecular complexity index is 403. The number of rotatable bonds is 3. The highest BCUT2D eigenvalue weighted by molar-refractivity contribution is 4.99. The van der Waals surface area contributed by atoms with Crippen LogP contribution < -0.4 is 0 Å². The monoisotopic (exact) mass is 284 g/mol. The third-order valence-electron chi connectivity index (χ3n) is 3.61. The Labute approximate surface area is 118 Å². The summed E-state index contributed by atoms with van der Waals surface area (Å²) >= 11 is 0. The van der Waals surface area contributed by atoms with Crippen LogP contribution in [0.2, 0.25) is 0 Å². The zero-order valence-corrected chi connectivity index (χ0v) is 11.9. The standard InChI is InChI=1S/C14H20O6/c1-5-6-15-11-10(9-7-16-8(2)17-9)18-13-12(11)19-14(3,4)20-13/h1,8-13H,6-7H2,2-4H3/t8?,9?,10-,11+,12+,13?/m1/s1. The number of fused-ring (bicyclic) bond motifs is 1. The first kappa shape index (κ1) is 14.3. The average Bonchev–Trinajstić information content (AvgIpc) is 2.99. The summed E-state index contributed by atoms with van der Waals surface area (Å²) in [6.07, 6.45) is 3.44. The SMILES string of the molecule is C#CCO[C@H]1[C@@H](C2COC(C)O2)OC2OC(C)(C)O[C@H]21. The molecule has 0 amide bonds. The minimum absolute atomic E-state index is 0.195. The third-order valence-corrected chi connectivity index (χ3v) is 3.61. The molecule has 3 unspecified atom stereocenters. The van der Waals surface area contributed by atoms with Crippen molar-refractivity contribution >= 4 is 0 Å². The molecule has 112 valence electrons. The van der Waals surface area contributed by atoms with E-state index in [1.165, 1.54) is 0 Å². The van der Waals surface area contributed by atoms with E-state index >= 15 is 0 Å². The quantitative estimate of drug-likeness (QED) is 0.709. The Morgan fingerprint density at radius 2 is 2.05 bits per heavy atom. The van der Waals surface area contributed by atoms with Gasteiger partial charge in [0.15, 0.2) is 18.4 Å². The highest BCUT2D eigenvalue weighted by Crippen LogP contribution is 2.40. The van der Waals surface area contributed by atoms with Gasteiger partial charge in [-0.1, -0.05) is 5.92 Å². The zero-order chi connectivity index (χ0) is 14.3. The molecule has 0 aliphatic carbocycles. The van der Waals surface area contributed by atoms with Gasteiger partial charge >= 0.3 is 0 Å². The topological polar surface area (TPSA) is 55.4 Å². The highest BCUT2D eigenvalue weighted by Gasteiger charge is 2.58. The number of ether oxygens (including phenoxy) is 6. The van der Waals surface area contributed by atoms with Crippen LogP contribution in [0.1, 0.15) is 20.8 Å². The molecule has 0 saturated carbocycles. The van der Waals surface area contributed by atoms with Gasteiger partial charge in [-0.05, 0) is 20.8 Å². The predicted molar refractivity (Wildman–Crippen MR) is 67.6 cm³/mol. The van der Waals surface area contributed by atoms with Crippen LogP contribution in [0.4, 0.5) is 0 Å². The van der Waals surface area contributed by atoms with Crippen LogP contribution in [-0.4, -0.2) is 56.0 Å². The largest absolute Gasteiger partial charge is 0.360 e. The molecule has 3 rings (SSSR count). The number of hydrogen-bond acceptors (Lipinski definition) is 6. The Balaban J connectivity index is 1.73. The maximum absolute atomic E-state index is 5.92. The molecular weight excluding hydrogens is 264 g/mol. The van der Waals surface area contributed by atoms with Crippen LogP contribution in [0.15, 0.2) is 0 Å². The molecular formula is C14H20O6. The van der Waals surface area contributed by atoms with Crippen LogP contribution in [0.5, 0.6) is 0 Å². The van der Waals surface area contributed by atoms with E-state index in [9.17, 15) is 0 Å². The van der Waals surface area contributed by atoms with Gasteiger partial charge in [-0.2, -0.15) is 0 Å². The van der Waals surface area contributed by atoms with Gasteiger partial charge in [0.25, 0.3) is 0 Å². The summed E-state index contributed by atoms with van der Waals surface area (Å²) in [5, 5.41) is 0. The number of terminal acetylenes is 1. The maximum atomic E-state index is 5.92. The second-order valence-corrected chi connectivity index (χ2v) is 5.62. The summed E-state index contributed by atoms with van der Waals surface area (Å²) in [5.74, 6) is 1.79. The normalized spacial score (nSPS) is 46.3. The van der Waals surface area contributed by atoms with Crippen molar-refractivity contribution in [3.05, 3.63) is 0 Å². The van der Waals surface area contributed by atoms with Crippen molar-refractivity contribution < 1.29 is 28.4 Å². The van der Waals surface area contributed by atoms with Crippen molar-refractivity contribution in [2.75, 3.05) is 13.2 Å². The van der Waals surface area contributed by atoms with Gasteiger partial charge in [0.2, 0.25) is 0 Å². The zero-order valence-electron chi connectivity index (χ0n) is 11.9. The lowest BCUT2D eigenvalue weighted by atomic mass is 10.1. The van der Waals surface area contributed by atoms with Gasteiger partial charge in [0, 0.05) is 0 Å². The van der Waals surface area contributed by atoms with Crippen LogP contribution in [0.3, 0.4) is 0 Å². The average molecular weight is 284 g/mol. The molecule has 3 heterocycles. The molecule has 3 saturated heterocycles. The summed E-state index contributed by atoms with van der Waals surface area (Å²) < 4.78 is 34.3. The fraction of sp³-hybridized carbons (Fsp3) is 0.857. The van der Waals surface area contributed by atoms with Crippen molar-refractivity contribution in [2.24, 2.45) is 0 Å². The van der Waals surface area contributed by atoms with Gasteiger partial charge in [-0.25, -0.2) is 0 Å². The molecule has 3 aliphatic rings. The Morgan fingerprint density at radius 3 is 2.70 bits per heavy atom. The maximum Gasteiger partial charge on any atom is 0.190 e. The molecule has 6 nitrogen and oxygen atoms in total. The minimum atomic E-state index is -0.682. The highest BCUT2D eigenvalue weighted by atomic mass is 16.8. The first-order valence-electron chi connectivity index (χ1n) is 6.83. The molecule has 0 aromatic rings. The van der Waals surface area contributed by atoms with E-state index in [0.29, 0.717) is 6.61 Å². The summed E-state index contributed by atoms with van der Waals surface area (Å²) in [5.41, 5.74) is 0. The van der Waals surface area contributed by atoms with Crippen LogP contribution in [-0.2, 0) is 28.4 Å². The fourth-order valence-electron chi connectivity index (χ4n) is 2.86. The minimum Gasteiger partial charge on any atom is -0.360 e. The summed E-state index contributed by atoms with van der Waals surface area (Å²) in [4.78, 5) is 0. The lowest BCUT2D eigenvalue weighted by Gasteiger charge is -2.27. The molecule has 0 N–H and O–H groups in total. The van der Waals surface area contributed by atoms with Crippen molar-refractivity contribution in [3.8, 4) is 12.3 Å². The summed E-state index contributed by atoms with van der Waals surface area (Å²) in [6, 6.07) is 0. The van der Waals surface area contributed by atoms with Crippen molar-refractivity contribution in [2.45, 2.75) is 63.6 Å². The van der Waals surface area contributed by atoms with Crippen LogP contribution in [0.25, 0.3) is 0 Å². The molecule has 3 fully saturated rings. The van der Waals surface area contributed by atoms with Gasteiger partial charge < -0.3 is 28.4 Å². The second-order valence-electron chi connectivity index (χ2n) is 5.62. The first-order valence-corrected chi connectivity index (χ1v) is 6.83. The lowest BCUT2D eigenvalue weighted by Crippen LogP contribution is -2.43. The predicted octanol–water partition coefficient (Wildman–Crippen LogP) is 0.643. The van der Waals surface area contributed by atoms with Crippen LogP contribution >= 0.6 is 0 Å². The second kappa shape index (κ2) is 5.26. The Kier molecular flexibility index (Phi) is 3.75. The molecule has 0 bridgehead atoms.